The van der Waals surface area contributed by atoms with Crippen LogP contribution in [0.4, 0.5) is 0 Å². The van der Waals surface area contributed by atoms with Crippen molar-refractivity contribution in [1.82, 2.24) is 9.88 Å². The Kier molecular flexibility index (Phi) is 5.07. The Morgan fingerprint density at radius 3 is 2.58 bits per heavy atom. The van der Waals surface area contributed by atoms with Gasteiger partial charge in [0.15, 0.2) is 0 Å². The number of rotatable bonds is 6. The molecule has 0 aliphatic heterocycles. The molecule has 0 aromatic carbocycles. The van der Waals surface area contributed by atoms with Crippen LogP contribution in [0.3, 0.4) is 0 Å². The van der Waals surface area contributed by atoms with E-state index in [2.05, 4.69) is 29.8 Å². The highest BCUT2D eigenvalue weighted by Gasteiger charge is 2.49. The second-order valence-corrected chi connectivity index (χ2v) is 10.2. The zero-order valence-corrected chi connectivity index (χ0v) is 15.9. The quantitative estimate of drug-likeness (QED) is 0.851. The minimum atomic E-state index is -3.15. The van der Waals surface area contributed by atoms with Gasteiger partial charge >= 0.3 is 0 Å². The Hall–Kier alpha value is -0.880. The van der Waals surface area contributed by atoms with Crippen molar-refractivity contribution in [2.45, 2.75) is 71.3 Å². The highest BCUT2D eigenvalue weighted by Crippen LogP contribution is 2.48. The summed E-state index contributed by atoms with van der Waals surface area (Å²) in [5.74, 6) is 2.20. The van der Waals surface area contributed by atoms with E-state index in [1.807, 2.05) is 0 Å². The molecule has 136 valence electrons. The third-order valence-corrected chi connectivity index (χ3v) is 6.82. The van der Waals surface area contributed by atoms with Crippen molar-refractivity contribution in [3.63, 3.8) is 0 Å². The number of nitrogens with one attached hydrogen (secondary N) is 1. The maximum absolute atomic E-state index is 11.4. The average molecular weight is 355 g/mol. The first-order valence-electron chi connectivity index (χ1n) is 9.16. The standard InChI is InChI=1S/C18H30N2O3S/c1-18(2)14(11-17(18)20-24(3,21)22)10-15-12-16(23-19-15)9-13-7-5-4-6-8-13/h12-14,17,20H,4-11H2,1-3H3. The lowest BCUT2D eigenvalue weighted by Crippen LogP contribution is -2.58. The second-order valence-electron chi connectivity index (χ2n) is 8.39. The molecule has 24 heavy (non-hydrogen) atoms. The topological polar surface area (TPSA) is 72.2 Å². The van der Waals surface area contributed by atoms with E-state index in [0.717, 1.165) is 36.6 Å². The third kappa shape index (κ3) is 4.20. The normalized spacial score (nSPS) is 27.8. The molecule has 2 aliphatic carbocycles. The fourth-order valence-corrected chi connectivity index (χ4v) is 5.21. The van der Waals surface area contributed by atoms with Crippen molar-refractivity contribution in [2.75, 3.05) is 6.26 Å². The smallest absolute Gasteiger partial charge is 0.208 e. The van der Waals surface area contributed by atoms with E-state index in [0.29, 0.717) is 5.92 Å². The van der Waals surface area contributed by atoms with E-state index in [4.69, 9.17) is 4.52 Å². The van der Waals surface area contributed by atoms with E-state index < -0.39 is 10.0 Å². The van der Waals surface area contributed by atoms with E-state index in [1.54, 1.807) is 0 Å². The molecule has 2 fully saturated rings. The molecule has 0 radical (unpaired) electrons. The van der Waals surface area contributed by atoms with Crippen LogP contribution in [-0.2, 0) is 22.9 Å². The lowest BCUT2D eigenvalue weighted by Gasteiger charge is -2.52. The van der Waals surface area contributed by atoms with Crippen molar-refractivity contribution in [3.05, 3.63) is 17.5 Å². The summed E-state index contributed by atoms with van der Waals surface area (Å²) in [5.41, 5.74) is 0.961. The fraction of sp³-hybridized carbons (Fsp3) is 0.833. The Morgan fingerprint density at radius 2 is 1.96 bits per heavy atom. The highest BCUT2D eigenvalue weighted by atomic mass is 32.2. The Morgan fingerprint density at radius 1 is 1.25 bits per heavy atom. The molecule has 0 bridgehead atoms. The van der Waals surface area contributed by atoms with Gasteiger partial charge in [0.25, 0.3) is 0 Å². The fourth-order valence-electron chi connectivity index (χ4n) is 4.30. The van der Waals surface area contributed by atoms with E-state index in [1.165, 1.54) is 38.4 Å². The van der Waals surface area contributed by atoms with Gasteiger partial charge in [-0.25, -0.2) is 13.1 Å². The van der Waals surface area contributed by atoms with Crippen LogP contribution in [-0.4, -0.2) is 25.9 Å². The molecule has 1 heterocycles. The van der Waals surface area contributed by atoms with Gasteiger partial charge in [-0.15, -0.1) is 0 Å². The van der Waals surface area contributed by atoms with Crippen LogP contribution in [0.15, 0.2) is 10.6 Å². The molecule has 5 nitrogen and oxygen atoms in total. The van der Waals surface area contributed by atoms with Crippen molar-refractivity contribution in [1.29, 1.82) is 0 Å². The Labute approximate surface area is 145 Å². The molecular weight excluding hydrogens is 324 g/mol. The zero-order chi connectivity index (χ0) is 17.4. The van der Waals surface area contributed by atoms with Gasteiger partial charge in [0.05, 0.1) is 11.9 Å². The molecule has 3 rings (SSSR count). The van der Waals surface area contributed by atoms with Gasteiger partial charge in [-0.2, -0.15) is 0 Å². The van der Waals surface area contributed by atoms with Gasteiger partial charge in [0, 0.05) is 18.5 Å². The van der Waals surface area contributed by atoms with Crippen LogP contribution in [0.5, 0.6) is 0 Å². The maximum Gasteiger partial charge on any atom is 0.208 e. The SMILES string of the molecule is CC1(C)C(Cc2cc(CC3CCCCC3)on2)CC1NS(C)(=O)=O. The first-order valence-corrected chi connectivity index (χ1v) is 11.0. The lowest BCUT2D eigenvalue weighted by molar-refractivity contribution is 0.0271. The molecule has 0 amide bonds. The van der Waals surface area contributed by atoms with Crippen molar-refractivity contribution < 1.29 is 12.9 Å². The predicted molar refractivity (Wildman–Crippen MR) is 94.1 cm³/mol. The summed E-state index contributed by atoms with van der Waals surface area (Å²) in [4.78, 5) is 0. The molecular formula is C18H30N2O3S. The zero-order valence-electron chi connectivity index (χ0n) is 15.0. The van der Waals surface area contributed by atoms with Gasteiger partial charge in [-0.05, 0) is 30.1 Å². The van der Waals surface area contributed by atoms with Crippen molar-refractivity contribution in [2.24, 2.45) is 17.3 Å². The van der Waals surface area contributed by atoms with Gasteiger partial charge in [-0.3, -0.25) is 0 Å². The Bertz CT molecular complexity index is 660. The van der Waals surface area contributed by atoms with Crippen molar-refractivity contribution >= 4 is 10.0 Å². The number of hydrogen-bond donors (Lipinski definition) is 1. The molecule has 0 spiro atoms. The monoisotopic (exact) mass is 354 g/mol. The summed E-state index contributed by atoms with van der Waals surface area (Å²) < 4.78 is 31.2. The summed E-state index contributed by atoms with van der Waals surface area (Å²) in [6.07, 6.45) is 10.7. The van der Waals surface area contributed by atoms with Crippen molar-refractivity contribution in [3.8, 4) is 0 Å². The largest absolute Gasteiger partial charge is 0.361 e. The predicted octanol–water partition coefficient (Wildman–Crippen LogP) is 3.30. The molecule has 2 unspecified atom stereocenters. The minimum absolute atomic E-state index is 0.0195. The van der Waals surface area contributed by atoms with Crippen LogP contribution in [0.1, 0.15) is 63.8 Å². The summed E-state index contributed by atoms with van der Waals surface area (Å²) >= 11 is 0. The summed E-state index contributed by atoms with van der Waals surface area (Å²) in [6.45, 7) is 4.26. The molecule has 1 aromatic rings. The van der Waals surface area contributed by atoms with E-state index in [9.17, 15) is 8.42 Å². The number of aromatic nitrogens is 1. The number of nitrogens with zero attached hydrogens (tertiary/aromatic N) is 1. The van der Waals surface area contributed by atoms with Gasteiger partial charge in [-0.1, -0.05) is 51.1 Å². The lowest BCUT2D eigenvalue weighted by atomic mass is 9.57. The van der Waals surface area contributed by atoms with Crippen LogP contribution >= 0.6 is 0 Å². The number of sulfonamides is 1. The average Bonchev–Trinajstić information content (AvgIpc) is 2.93. The van der Waals surface area contributed by atoms with Crippen LogP contribution in [0, 0.1) is 17.3 Å². The van der Waals surface area contributed by atoms with Gasteiger partial charge in [0.2, 0.25) is 10.0 Å². The third-order valence-electron chi connectivity index (χ3n) is 6.10. The summed E-state index contributed by atoms with van der Waals surface area (Å²) in [7, 11) is -3.15. The molecule has 0 saturated heterocycles. The van der Waals surface area contributed by atoms with Gasteiger partial charge < -0.3 is 4.52 Å². The second kappa shape index (κ2) is 6.79. The van der Waals surface area contributed by atoms with E-state index >= 15 is 0 Å². The molecule has 1 N–H and O–H groups in total. The van der Waals surface area contributed by atoms with Crippen LogP contribution < -0.4 is 4.72 Å². The molecule has 2 aliphatic rings. The summed E-state index contributed by atoms with van der Waals surface area (Å²) in [6, 6.07) is 2.13. The molecule has 1 aromatic heterocycles. The first kappa shape index (κ1) is 17.9. The molecule has 6 heteroatoms. The summed E-state index contributed by atoms with van der Waals surface area (Å²) in [5, 5.41) is 4.26. The minimum Gasteiger partial charge on any atom is -0.361 e. The number of hydrogen-bond acceptors (Lipinski definition) is 4. The Balaban J connectivity index is 1.54. The first-order chi connectivity index (χ1) is 11.2. The molecule has 2 atom stereocenters. The van der Waals surface area contributed by atoms with E-state index in [-0.39, 0.29) is 11.5 Å². The van der Waals surface area contributed by atoms with Crippen LogP contribution in [0.2, 0.25) is 0 Å². The van der Waals surface area contributed by atoms with Crippen LogP contribution in [0.25, 0.3) is 0 Å². The van der Waals surface area contributed by atoms with Gasteiger partial charge in [0.1, 0.15) is 5.76 Å². The maximum atomic E-state index is 11.4. The molecule has 2 saturated carbocycles. The highest BCUT2D eigenvalue weighted by molar-refractivity contribution is 7.88.